The van der Waals surface area contributed by atoms with Gasteiger partial charge in [-0.1, -0.05) is 0 Å². The number of nitrogens with zero attached hydrogens (tertiary/aromatic N) is 1. The topological polar surface area (TPSA) is 59.4 Å². The maximum atomic E-state index is 12.4. The molecule has 0 bridgehead atoms. The standard InChI is InChI=1S/C9H9F2NO3/c1-9(10,11)5-15-6-2-3-7(8(13)14)12-4-6/h2-4H,5H2,1H3,(H,13,14). The number of ether oxygens (including phenoxy) is 1. The molecule has 0 aliphatic carbocycles. The van der Waals surface area contributed by atoms with Gasteiger partial charge in [0.05, 0.1) is 6.20 Å². The number of hydrogen-bond donors (Lipinski definition) is 1. The lowest BCUT2D eigenvalue weighted by Crippen LogP contribution is -2.21. The molecule has 0 aromatic carbocycles. The van der Waals surface area contributed by atoms with Crippen molar-refractivity contribution in [3.63, 3.8) is 0 Å². The van der Waals surface area contributed by atoms with Crippen LogP contribution in [0, 0.1) is 0 Å². The van der Waals surface area contributed by atoms with Crippen LogP contribution >= 0.6 is 0 Å². The largest absolute Gasteiger partial charge is 0.486 e. The summed E-state index contributed by atoms with van der Waals surface area (Å²) >= 11 is 0. The SMILES string of the molecule is CC(F)(F)COc1ccc(C(=O)O)nc1. The predicted molar refractivity (Wildman–Crippen MR) is 47.3 cm³/mol. The van der Waals surface area contributed by atoms with Gasteiger partial charge in [0.25, 0.3) is 5.92 Å². The number of rotatable bonds is 4. The highest BCUT2D eigenvalue weighted by atomic mass is 19.3. The second-order valence-electron chi connectivity index (χ2n) is 3.04. The number of alkyl halides is 2. The van der Waals surface area contributed by atoms with Gasteiger partial charge in [-0.25, -0.2) is 18.6 Å². The average molecular weight is 217 g/mol. The second-order valence-corrected chi connectivity index (χ2v) is 3.04. The summed E-state index contributed by atoms with van der Waals surface area (Å²) in [5, 5.41) is 8.51. The van der Waals surface area contributed by atoms with Crippen molar-refractivity contribution in [1.29, 1.82) is 0 Å². The quantitative estimate of drug-likeness (QED) is 0.835. The predicted octanol–water partition coefficient (Wildman–Crippen LogP) is 1.81. The molecule has 0 saturated carbocycles. The molecule has 4 nitrogen and oxygen atoms in total. The molecule has 1 aromatic heterocycles. The van der Waals surface area contributed by atoms with Gasteiger partial charge in [-0.05, 0) is 12.1 Å². The fourth-order valence-electron chi connectivity index (χ4n) is 0.802. The lowest BCUT2D eigenvalue weighted by molar-refractivity contribution is -0.0230. The number of pyridine rings is 1. The summed E-state index contributed by atoms with van der Waals surface area (Å²) in [6.07, 6.45) is 1.09. The molecule has 15 heavy (non-hydrogen) atoms. The molecule has 0 unspecified atom stereocenters. The summed E-state index contributed by atoms with van der Waals surface area (Å²) in [5.74, 6) is -3.99. The van der Waals surface area contributed by atoms with Gasteiger partial charge in [0.1, 0.15) is 11.4 Å². The average Bonchev–Trinajstić information content (AvgIpc) is 2.14. The third-order valence-electron chi connectivity index (χ3n) is 1.45. The van der Waals surface area contributed by atoms with Crippen LogP contribution in [0.2, 0.25) is 0 Å². The Kier molecular flexibility index (Phi) is 3.18. The van der Waals surface area contributed by atoms with Crippen molar-refractivity contribution in [3.8, 4) is 5.75 Å². The summed E-state index contributed by atoms with van der Waals surface area (Å²) in [4.78, 5) is 13.9. The van der Waals surface area contributed by atoms with Crippen molar-refractivity contribution in [1.82, 2.24) is 4.98 Å². The number of aromatic nitrogens is 1. The summed E-state index contributed by atoms with van der Waals surface area (Å²) < 4.78 is 29.5. The first kappa shape index (κ1) is 11.4. The molecule has 1 aromatic rings. The first-order valence-corrected chi connectivity index (χ1v) is 4.08. The smallest absolute Gasteiger partial charge is 0.354 e. The highest BCUT2D eigenvalue weighted by molar-refractivity contribution is 5.85. The summed E-state index contributed by atoms with van der Waals surface area (Å²) in [5.41, 5.74) is -0.161. The fourth-order valence-corrected chi connectivity index (χ4v) is 0.802. The van der Waals surface area contributed by atoms with E-state index in [0.717, 1.165) is 13.1 Å². The van der Waals surface area contributed by atoms with Crippen LogP contribution < -0.4 is 4.74 Å². The molecular weight excluding hydrogens is 208 g/mol. The van der Waals surface area contributed by atoms with Crippen molar-refractivity contribution >= 4 is 5.97 Å². The van der Waals surface area contributed by atoms with Crippen LogP contribution in [0.5, 0.6) is 5.75 Å². The highest BCUT2D eigenvalue weighted by Gasteiger charge is 2.22. The molecule has 1 heterocycles. The Labute approximate surface area is 84.5 Å². The van der Waals surface area contributed by atoms with Gasteiger partial charge < -0.3 is 9.84 Å². The maximum Gasteiger partial charge on any atom is 0.354 e. The van der Waals surface area contributed by atoms with E-state index in [1.807, 2.05) is 0 Å². The zero-order chi connectivity index (χ0) is 11.5. The normalized spacial score (nSPS) is 11.1. The summed E-state index contributed by atoms with van der Waals surface area (Å²) in [6, 6.07) is 2.47. The van der Waals surface area contributed by atoms with Crippen LogP contribution in [0.1, 0.15) is 17.4 Å². The number of carbonyl (C=O) groups is 1. The lowest BCUT2D eigenvalue weighted by atomic mass is 10.3. The van der Waals surface area contributed by atoms with Crippen molar-refractivity contribution in [2.24, 2.45) is 0 Å². The molecule has 0 aliphatic rings. The van der Waals surface area contributed by atoms with E-state index in [1.54, 1.807) is 0 Å². The van der Waals surface area contributed by atoms with Gasteiger partial charge in [-0.15, -0.1) is 0 Å². The summed E-state index contributed by atoms with van der Waals surface area (Å²) in [6.45, 7) is -0.0346. The molecule has 0 atom stereocenters. The minimum Gasteiger partial charge on any atom is -0.486 e. The Morgan fingerprint density at radius 1 is 1.60 bits per heavy atom. The number of halogens is 2. The van der Waals surface area contributed by atoms with E-state index in [0.29, 0.717) is 0 Å². The zero-order valence-electron chi connectivity index (χ0n) is 7.91. The van der Waals surface area contributed by atoms with E-state index in [4.69, 9.17) is 9.84 Å². The minimum absolute atomic E-state index is 0.113. The molecule has 0 fully saturated rings. The van der Waals surface area contributed by atoms with Crippen LogP contribution in [0.15, 0.2) is 18.3 Å². The molecule has 0 saturated heterocycles. The molecule has 1 N–H and O–H groups in total. The third-order valence-corrected chi connectivity index (χ3v) is 1.45. The van der Waals surface area contributed by atoms with Crippen LogP contribution in [0.25, 0.3) is 0 Å². The third kappa shape index (κ3) is 3.88. The second kappa shape index (κ2) is 4.20. The Morgan fingerprint density at radius 2 is 2.27 bits per heavy atom. The van der Waals surface area contributed by atoms with Gasteiger partial charge in [0.15, 0.2) is 6.61 Å². The van der Waals surface area contributed by atoms with Crippen molar-refractivity contribution in [3.05, 3.63) is 24.0 Å². The Hall–Kier alpha value is -1.72. The summed E-state index contributed by atoms with van der Waals surface area (Å²) in [7, 11) is 0. The monoisotopic (exact) mass is 217 g/mol. The van der Waals surface area contributed by atoms with E-state index in [2.05, 4.69) is 4.98 Å². The van der Waals surface area contributed by atoms with Crippen molar-refractivity contribution < 1.29 is 23.4 Å². The first-order valence-electron chi connectivity index (χ1n) is 4.08. The Balaban J connectivity index is 2.61. The van der Waals surface area contributed by atoms with Gasteiger partial charge in [0, 0.05) is 6.92 Å². The van der Waals surface area contributed by atoms with Crippen molar-refractivity contribution in [2.75, 3.05) is 6.61 Å². The molecule has 6 heteroatoms. The molecular formula is C9H9F2NO3. The molecule has 82 valence electrons. The van der Waals surface area contributed by atoms with Crippen LogP contribution in [-0.4, -0.2) is 28.6 Å². The van der Waals surface area contributed by atoms with Gasteiger partial charge >= 0.3 is 5.97 Å². The number of carboxylic acid groups (broad SMARTS) is 1. The fraction of sp³-hybridized carbons (Fsp3) is 0.333. The molecule has 0 aliphatic heterocycles. The zero-order valence-corrected chi connectivity index (χ0v) is 7.91. The van der Waals surface area contributed by atoms with Crippen LogP contribution in [-0.2, 0) is 0 Å². The van der Waals surface area contributed by atoms with Gasteiger partial charge in [0.2, 0.25) is 0 Å². The number of carboxylic acids is 1. The van der Waals surface area contributed by atoms with Crippen LogP contribution in [0.4, 0.5) is 8.78 Å². The maximum absolute atomic E-state index is 12.4. The molecule has 1 rings (SSSR count). The van der Waals surface area contributed by atoms with Crippen LogP contribution in [0.3, 0.4) is 0 Å². The number of hydrogen-bond acceptors (Lipinski definition) is 3. The molecule has 0 spiro atoms. The molecule has 0 amide bonds. The molecule has 0 radical (unpaired) electrons. The number of aromatic carboxylic acids is 1. The van der Waals surface area contributed by atoms with E-state index in [1.165, 1.54) is 12.1 Å². The van der Waals surface area contributed by atoms with E-state index in [9.17, 15) is 13.6 Å². The van der Waals surface area contributed by atoms with Gasteiger partial charge in [-0.2, -0.15) is 0 Å². The highest BCUT2D eigenvalue weighted by Crippen LogP contribution is 2.15. The first-order chi connectivity index (χ1) is 6.88. The van der Waals surface area contributed by atoms with Crippen molar-refractivity contribution in [2.45, 2.75) is 12.8 Å². The Bertz CT molecular complexity index is 345. The lowest BCUT2D eigenvalue weighted by Gasteiger charge is -2.11. The van der Waals surface area contributed by atoms with E-state index < -0.39 is 18.5 Å². The van der Waals surface area contributed by atoms with Gasteiger partial charge in [-0.3, -0.25) is 0 Å². The van der Waals surface area contributed by atoms with E-state index in [-0.39, 0.29) is 11.4 Å². The Morgan fingerprint density at radius 3 is 2.67 bits per heavy atom. The van der Waals surface area contributed by atoms with E-state index >= 15 is 0 Å². The minimum atomic E-state index is -2.93.